The van der Waals surface area contributed by atoms with Crippen LogP contribution >= 0.6 is 0 Å². The van der Waals surface area contributed by atoms with Crippen LogP contribution in [0.5, 0.6) is 0 Å². The van der Waals surface area contributed by atoms with Gasteiger partial charge in [0.15, 0.2) is 5.96 Å². The summed E-state index contributed by atoms with van der Waals surface area (Å²) >= 11 is 0. The van der Waals surface area contributed by atoms with Crippen LogP contribution in [0, 0.1) is 0 Å². The second-order valence-corrected chi connectivity index (χ2v) is 8.35. The van der Waals surface area contributed by atoms with Crippen LogP contribution in [-0.2, 0) is 23.6 Å². The fourth-order valence-corrected chi connectivity index (χ4v) is 3.03. The minimum Gasteiger partial charge on any atom is -0.357 e. The second kappa shape index (κ2) is 9.76. The molecule has 0 atom stereocenters. The summed E-state index contributed by atoms with van der Waals surface area (Å²) in [7, 11) is 0.717. The molecule has 0 bridgehead atoms. The third kappa shape index (κ3) is 7.03. The van der Waals surface area contributed by atoms with Crippen molar-refractivity contribution in [2.24, 2.45) is 12.0 Å². The van der Waals surface area contributed by atoms with E-state index in [0.717, 1.165) is 23.8 Å². The third-order valence-corrected chi connectivity index (χ3v) is 5.07. The van der Waals surface area contributed by atoms with E-state index in [4.69, 9.17) is 0 Å². The minimum absolute atomic E-state index is 0.0790. The Morgan fingerprint density at radius 3 is 2.64 bits per heavy atom. The van der Waals surface area contributed by atoms with Gasteiger partial charge >= 0.3 is 0 Å². The number of nitrogens with zero attached hydrogens (tertiary/aromatic N) is 4. The number of aliphatic imine (C=N–C) groups is 1. The van der Waals surface area contributed by atoms with Gasteiger partial charge in [-0.3, -0.25) is 9.67 Å². The van der Waals surface area contributed by atoms with Crippen LogP contribution in [0.2, 0.25) is 0 Å². The molecule has 0 aliphatic carbocycles. The van der Waals surface area contributed by atoms with Gasteiger partial charge in [-0.05, 0) is 19.8 Å². The Labute approximate surface area is 151 Å². The molecule has 0 spiro atoms. The van der Waals surface area contributed by atoms with Crippen molar-refractivity contribution in [3.63, 3.8) is 0 Å². The molecule has 8 nitrogen and oxygen atoms in total. The Kier molecular flexibility index (Phi) is 8.37. The number of hydrogen-bond acceptors (Lipinski definition) is 4. The van der Waals surface area contributed by atoms with E-state index in [1.54, 1.807) is 6.92 Å². The quantitative estimate of drug-likeness (QED) is 0.381. The molecule has 0 radical (unpaired) electrons. The van der Waals surface area contributed by atoms with Gasteiger partial charge < -0.3 is 10.2 Å². The van der Waals surface area contributed by atoms with E-state index in [9.17, 15) is 8.42 Å². The topological polar surface area (TPSA) is 91.6 Å². The largest absolute Gasteiger partial charge is 0.357 e. The van der Waals surface area contributed by atoms with Gasteiger partial charge in [-0.25, -0.2) is 13.1 Å². The maximum atomic E-state index is 11.5. The molecule has 9 heteroatoms. The maximum absolute atomic E-state index is 11.5. The zero-order valence-electron chi connectivity index (χ0n) is 16.2. The summed E-state index contributed by atoms with van der Waals surface area (Å²) in [5.74, 6) is 1.18. The van der Waals surface area contributed by atoms with Crippen LogP contribution in [0.1, 0.15) is 44.9 Å². The first kappa shape index (κ1) is 21.4. The summed E-state index contributed by atoms with van der Waals surface area (Å²) in [6.07, 6.45) is 2.03. The molecule has 0 aliphatic heterocycles. The molecule has 0 fully saturated rings. The lowest BCUT2D eigenvalue weighted by molar-refractivity contribution is 0.473. The summed E-state index contributed by atoms with van der Waals surface area (Å²) in [5.41, 5.74) is 2.25. The lowest BCUT2D eigenvalue weighted by atomic mass is 10.1. The van der Waals surface area contributed by atoms with Gasteiger partial charge in [0.05, 0.1) is 18.0 Å². The molecular weight excluding hydrogens is 340 g/mol. The normalized spacial score (nSPS) is 12.7. The Morgan fingerprint density at radius 1 is 1.40 bits per heavy atom. The molecule has 0 aromatic carbocycles. The average molecular weight is 373 g/mol. The molecule has 1 aromatic rings. The summed E-state index contributed by atoms with van der Waals surface area (Å²) in [4.78, 5) is 6.53. The number of sulfonamides is 1. The van der Waals surface area contributed by atoms with E-state index in [2.05, 4.69) is 34.0 Å². The molecule has 1 heterocycles. The van der Waals surface area contributed by atoms with Crippen molar-refractivity contribution in [2.45, 2.75) is 40.2 Å². The lowest BCUT2D eigenvalue weighted by Crippen LogP contribution is -2.39. The zero-order valence-corrected chi connectivity index (χ0v) is 17.0. The predicted molar refractivity (Wildman–Crippen MR) is 102 cm³/mol. The van der Waals surface area contributed by atoms with E-state index >= 15 is 0 Å². The second-order valence-electron chi connectivity index (χ2n) is 6.26. The average Bonchev–Trinajstić information content (AvgIpc) is 2.91. The Bertz CT molecular complexity index is 666. The minimum atomic E-state index is -3.18. The van der Waals surface area contributed by atoms with Crippen LogP contribution in [0.15, 0.2) is 11.2 Å². The smallest absolute Gasteiger partial charge is 0.211 e. The van der Waals surface area contributed by atoms with Gasteiger partial charge in [-0.2, -0.15) is 5.10 Å². The highest BCUT2D eigenvalue weighted by molar-refractivity contribution is 7.89. The van der Waals surface area contributed by atoms with Crippen molar-refractivity contribution in [3.05, 3.63) is 17.5 Å². The zero-order chi connectivity index (χ0) is 19.0. The van der Waals surface area contributed by atoms with Crippen LogP contribution in [0.3, 0.4) is 0 Å². The molecule has 1 aromatic heterocycles. The standard InChI is InChI=1S/C16H32N6O2S/c1-7-17-16(18-9-10-19-25(23,24)8-2)21(5)11-14-12-22(6)20-15(14)13(3)4/h12-13,19H,7-11H2,1-6H3,(H,17,18). The molecule has 0 aliphatic rings. The summed E-state index contributed by atoms with van der Waals surface area (Å²) in [6.45, 7) is 9.99. The highest BCUT2D eigenvalue weighted by Crippen LogP contribution is 2.18. The first-order chi connectivity index (χ1) is 11.7. The van der Waals surface area contributed by atoms with E-state index in [-0.39, 0.29) is 5.75 Å². The van der Waals surface area contributed by atoms with Gasteiger partial charge in [0.2, 0.25) is 10.0 Å². The Morgan fingerprint density at radius 2 is 2.08 bits per heavy atom. The van der Waals surface area contributed by atoms with Crippen LogP contribution in [0.4, 0.5) is 0 Å². The number of hydrogen-bond donors (Lipinski definition) is 2. The molecule has 2 N–H and O–H groups in total. The molecule has 1 rings (SSSR count). The van der Waals surface area contributed by atoms with Gasteiger partial charge in [0, 0.05) is 45.5 Å². The van der Waals surface area contributed by atoms with Crippen molar-refractivity contribution < 1.29 is 8.42 Å². The SMILES string of the molecule is CCNC(=NCCNS(=O)(=O)CC)N(C)Cc1cn(C)nc1C(C)C. The van der Waals surface area contributed by atoms with Crippen molar-refractivity contribution >= 4 is 16.0 Å². The number of nitrogens with one attached hydrogen (secondary N) is 2. The highest BCUT2D eigenvalue weighted by atomic mass is 32.2. The predicted octanol–water partition coefficient (Wildman–Crippen LogP) is 0.880. The molecule has 0 amide bonds. The van der Waals surface area contributed by atoms with Gasteiger partial charge in [0.1, 0.15) is 0 Å². The number of guanidine groups is 1. The monoisotopic (exact) mass is 372 g/mol. The number of rotatable bonds is 9. The van der Waals surface area contributed by atoms with Crippen LogP contribution in [-0.4, -0.2) is 61.5 Å². The highest BCUT2D eigenvalue weighted by Gasteiger charge is 2.15. The first-order valence-electron chi connectivity index (χ1n) is 8.69. The molecule has 25 heavy (non-hydrogen) atoms. The molecule has 144 valence electrons. The summed E-state index contributed by atoms with van der Waals surface area (Å²) < 4.78 is 27.3. The van der Waals surface area contributed by atoms with E-state index in [0.29, 0.717) is 25.6 Å². The lowest BCUT2D eigenvalue weighted by Gasteiger charge is -2.22. The van der Waals surface area contributed by atoms with Crippen LogP contribution < -0.4 is 10.0 Å². The van der Waals surface area contributed by atoms with E-state index in [1.807, 2.05) is 36.8 Å². The van der Waals surface area contributed by atoms with Crippen LogP contribution in [0.25, 0.3) is 0 Å². The fourth-order valence-electron chi connectivity index (χ4n) is 2.43. The number of aryl methyl sites for hydroxylation is 1. The Balaban J connectivity index is 2.76. The van der Waals surface area contributed by atoms with E-state index in [1.165, 1.54) is 0 Å². The molecule has 0 saturated carbocycles. The summed E-state index contributed by atoms with van der Waals surface area (Å²) in [6, 6.07) is 0. The van der Waals surface area contributed by atoms with Gasteiger partial charge in [0.25, 0.3) is 0 Å². The van der Waals surface area contributed by atoms with Crippen molar-refractivity contribution in [2.75, 3.05) is 32.4 Å². The first-order valence-corrected chi connectivity index (χ1v) is 10.3. The van der Waals surface area contributed by atoms with Crippen molar-refractivity contribution in [1.29, 1.82) is 0 Å². The fraction of sp³-hybridized carbons (Fsp3) is 0.750. The maximum Gasteiger partial charge on any atom is 0.211 e. The van der Waals surface area contributed by atoms with Gasteiger partial charge in [-0.1, -0.05) is 13.8 Å². The summed E-state index contributed by atoms with van der Waals surface area (Å²) in [5, 5.41) is 7.77. The van der Waals surface area contributed by atoms with E-state index < -0.39 is 10.0 Å². The number of aromatic nitrogens is 2. The molecular formula is C16H32N6O2S. The molecule has 0 unspecified atom stereocenters. The van der Waals surface area contributed by atoms with Crippen molar-refractivity contribution in [3.8, 4) is 0 Å². The Hall–Kier alpha value is -1.61. The van der Waals surface area contributed by atoms with Crippen molar-refractivity contribution in [1.82, 2.24) is 24.7 Å². The third-order valence-electron chi connectivity index (χ3n) is 3.66. The van der Waals surface area contributed by atoms with Gasteiger partial charge in [-0.15, -0.1) is 0 Å². The molecule has 0 saturated heterocycles.